The summed E-state index contributed by atoms with van der Waals surface area (Å²) < 4.78 is 44.2. The molecule has 0 radical (unpaired) electrons. The lowest BCUT2D eigenvalue weighted by Gasteiger charge is -2.31. The Morgan fingerprint density at radius 3 is 2.53 bits per heavy atom. The van der Waals surface area contributed by atoms with Gasteiger partial charge in [-0.3, -0.25) is 9.35 Å². The molecule has 0 aromatic heterocycles. The van der Waals surface area contributed by atoms with Crippen molar-refractivity contribution in [3.05, 3.63) is 47.9 Å². The summed E-state index contributed by atoms with van der Waals surface area (Å²) in [6.45, 7) is 0.0987. The molecule has 2 rings (SSSR count). The van der Waals surface area contributed by atoms with Crippen LogP contribution in [-0.2, 0) is 21.5 Å². The molecule has 2 N–H and O–H groups in total. The van der Waals surface area contributed by atoms with Gasteiger partial charge in [0.15, 0.2) is 0 Å². The maximum Gasteiger partial charge on any atom is 0.306 e. The van der Waals surface area contributed by atoms with Gasteiger partial charge in [0.2, 0.25) is 11.4 Å². The highest BCUT2D eigenvalue weighted by molar-refractivity contribution is 7.86. The zero-order valence-corrected chi connectivity index (χ0v) is 10.5. The van der Waals surface area contributed by atoms with Gasteiger partial charge in [-0.1, -0.05) is 12.1 Å². The van der Waals surface area contributed by atoms with Crippen LogP contribution in [0.5, 0.6) is 0 Å². The van der Waals surface area contributed by atoms with Gasteiger partial charge < -0.3 is 10.2 Å². The molecule has 0 aliphatic carbocycles. The predicted molar refractivity (Wildman–Crippen MR) is 64.6 cm³/mol. The van der Waals surface area contributed by atoms with E-state index in [0.29, 0.717) is 5.56 Å². The van der Waals surface area contributed by atoms with Crippen LogP contribution in [0.25, 0.3) is 0 Å². The molecule has 0 saturated heterocycles. The minimum absolute atomic E-state index is 0.0987. The largest absolute Gasteiger partial charge is 0.339 e. The molecule has 102 valence electrons. The summed E-state index contributed by atoms with van der Waals surface area (Å²) in [5.41, 5.74) is -0.911. The molecule has 8 heteroatoms. The quantitative estimate of drug-likeness (QED) is 0.787. The maximum absolute atomic E-state index is 12.8. The number of carbonyl (C=O) groups is 1. The monoisotopic (exact) mass is 286 g/mol. The van der Waals surface area contributed by atoms with Gasteiger partial charge in [0.05, 0.1) is 0 Å². The van der Waals surface area contributed by atoms with Crippen molar-refractivity contribution in [2.24, 2.45) is 0 Å². The van der Waals surface area contributed by atoms with E-state index in [4.69, 9.17) is 4.55 Å². The third kappa shape index (κ3) is 3.30. The van der Waals surface area contributed by atoms with Crippen LogP contribution in [0.4, 0.5) is 4.39 Å². The van der Waals surface area contributed by atoms with Crippen LogP contribution in [0, 0.1) is 5.82 Å². The Morgan fingerprint density at radius 2 is 1.95 bits per heavy atom. The second-order valence-electron chi connectivity index (χ2n) is 3.99. The summed E-state index contributed by atoms with van der Waals surface area (Å²) in [7, 11) is -4.47. The minimum atomic E-state index is -4.47. The lowest BCUT2D eigenvalue weighted by atomic mass is 10.2. The van der Waals surface area contributed by atoms with Gasteiger partial charge in [0.1, 0.15) is 5.82 Å². The normalized spacial score (nSPS) is 19.4. The first-order valence-corrected chi connectivity index (χ1v) is 6.82. The van der Waals surface area contributed by atoms with E-state index in [1.54, 1.807) is 0 Å². The van der Waals surface area contributed by atoms with Crippen molar-refractivity contribution in [1.82, 2.24) is 10.2 Å². The number of amides is 1. The van der Waals surface area contributed by atoms with E-state index < -0.39 is 27.3 Å². The molecule has 0 spiro atoms. The van der Waals surface area contributed by atoms with Crippen LogP contribution < -0.4 is 5.32 Å². The van der Waals surface area contributed by atoms with E-state index in [2.05, 4.69) is 5.32 Å². The number of benzene rings is 1. The molecule has 1 unspecified atom stereocenters. The SMILES string of the molecule is O=C1C=CN(Cc2ccc(F)cc2)C(S(=O)(=O)O)N1. The van der Waals surface area contributed by atoms with Gasteiger partial charge in [-0.25, -0.2) is 4.39 Å². The number of nitrogens with zero attached hydrogens (tertiary/aromatic N) is 1. The van der Waals surface area contributed by atoms with E-state index in [9.17, 15) is 17.6 Å². The lowest BCUT2D eigenvalue weighted by molar-refractivity contribution is -0.118. The molecule has 1 aromatic carbocycles. The highest BCUT2D eigenvalue weighted by atomic mass is 32.2. The van der Waals surface area contributed by atoms with Gasteiger partial charge in [-0.05, 0) is 17.7 Å². The Kier molecular flexibility index (Phi) is 3.54. The molecule has 1 aromatic rings. The summed E-state index contributed by atoms with van der Waals surface area (Å²) in [5.74, 6) is -1.02. The average molecular weight is 286 g/mol. The van der Waals surface area contributed by atoms with Crippen LogP contribution in [0.3, 0.4) is 0 Å². The van der Waals surface area contributed by atoms with Gasteiger partial charge >= 0.3 is 10.1 Å². The van der Waals surface area contributed by atoms with Crippen LogP contribution in [0.15, 0.2) is 36.5 Å². The Balaban J connectivity index is 2.23. The fourth-order valence-corrected chi connectivity index (χ4v) is 2.43. The topological polar surface area (TPSA) is 86.7 Å². The van der Waals surface area contributed by atoms with Crippen LogP contribution in [0.1, 0.15) is 5.56 Å². The molecule has 19 heavy (non-hydrogen) atoms. The molecule has 6 nitrogen and oxygen atoms in total. The van der Waals surface area contributed by atoms with E-state index >= 15 is 0 Å². The van der Waals surface area contributed by atoms with E-state index in [1.165, 1.54) is 35.4 Å². The zero-order valence-electron chi connectivity index (χ0n) is 9.65. The standard InChI is InChI=1S/C11H11FN2O4S/c12-9-3-1-8(2-4-9)7-14-6-5-10(15)13-11(14)19(16,17)18/h1-6,11H,7H2,(H,13,15)(H,16,17,18). The fraction of sp³-hybridized carbons (Fsp3) is 0.182. The Morgan fingerprint density at radius 1 is 1.32 bits per heavy atom. The number of halogens is 1. The highest BCUT2D eigenvalue weighted by Crippen LogP contribution is 2.14. The summed E-state index contributed by atoms with van der Waals surface area (Å²) in [4.78, 5) is 12.3. The van der Waals surface area contributed by atoms with Gasteiger partial charge in [0, 0.05) is 18.8 Å². The first-order valence-electron chi connectivity index (χ1n) is 5.31. The maximum atomic E-state index is 12.8. The third-order valence-electron chi connectivity index (χ3n) is 2.54. The van der Waals surface area contributed by atoms with Crippen molar-refractivity contribution in [2.75, 3.05) is 0 Å². The van der Waals surface area contributed by atoms with Gasteiger partial charge in [-0.2, -0.15) is 8.42 Å². The molecule has 1 amide bonds. The van der Waals surface area contributed by atoms with Crippen LogP contribution in [0.2, 0.25) is 0 Å². The van der Waals surface area contributed by atoms with Crippen molar-refractivity contribution in [2.45, 2.75) is 12.0 Å². The van der Waals surface area contributed by atoms with E-state index in [-0.39, 0.29) is 6.54 Å². The molecule has 0 saturated carbocycles. The molecular weight excluding hydrogens is 275 g/mol. The predicted octanol–water partition coefficient (Wildman–Crippen LogP) is 0.443. The number of hydrogen-bond acceptors (Lipinski definition) is 4. The third-order valence-corrected chi connectivity index (χ3v) is 3.50. The average Bonchev–Trinajstić information content (AvgIpc) is 2.33. The number of carbonyl (C=O) groups excluding carboxylic acids is 1. The van der Waals surface area contributed by atoms with Crippen molar-refractivity contribution < 1.29 is 22.2 Å². The second kappa shape index (κ2) is 4.98. The number of hydrogen-bond donors (Lipinski definition) is 2. The first kappa shape index (κ1) is 13.5. The summed E-state index contributed by atoms with van der Waals surface area (Å²) >= 11 is 0. The fourth-order valence-electron chi connectivity index (χ4n) is 1.68. The number of rotatable bonds is 3. The van der Waals surface area contributed by atoms with Crippen LogP contribution in [-0.4, -0.2) is 29.3 Å². The molecule has 1 aliphatic heterocycles. The molecule has 1 aliphatic rings. The molecule has 0 bridgehead atoms. The minimum Gasteiger partial charge on any atom is -0.339 e. The summed E-state index contributed by atoms with van der Waals surface area (Å²) in [6, 6.07) is 5.45. The van der Waals surface area contributed by atoms with Crippen molar-refractivity contribution in [1.29, 1.82) is 0 Å². The highest BCUT2D eigenvalue weighted by Gasteiger charge is 2.31. The van der Waals surface area contributed by atoms with E-state index in [1.807, 2.05) is 0 Å². The van der Waals surface area contributed by atoms with Gasteiger partial charge in [-0.15, -0.1) is 0 Å². The Labute approximate surface area is 109 Å². The van der Waals surface area contributed by atoms with Crippen LogP contribution >= 0.6 is 0 Å². The Bertz CT molecular complexity index is 612. The van der Waals surface area contributed by atoms with Crippen molar-refractivity contribution >= 4 is 16.0 Å². The smallest absolute Gasteiger partial charge is 0.306 e. The lowest BCUT2D eigenvalue weighted by Crippen LogP contribution is -2.52. The molecule has 1 heterocycles. The zero-order chi connectivity index (χ0) is 14.0. The second-order valence-corrected chi connectivity index (χ2v) is 5.47. The Hall–Kier alpha value is -1.93. The van der Waals surface area contributed by atoms with Crippen molar-refractivity contribution in [3.63, 3.8) is 0 Å². The van der Waals surface area contributed by atoms with Crippen molar-refractivity contribution in [3.8, 4) is 0 Å². The van der Waals surface area contributed by atoms with Gasteiger partial charge in [0.25, 0.3) is 0 Å². The molecular formula is C11H11FN2O4S. The number of nitrogens with one attached hydrogen (secondary N) is 1. The summed E-state index contributed by atoms with van der Waals surface area (Å²) in [5, 5.41) is 2.13. The summed E-state index contributed by atoms with van der Waals surface area (Å²) in [6.07, 6.45) is 2.41. The molecule has 0 fully saturated rings. The first-order chi connectivity index (χ1) is 8.86. The molecule has 1 atom stereocenters. The van der Waals surface area contributed by atoms with E-state index in [0.717, 1.165) is 6.08 Å².